The van der Waals surface area contributed by atoms with Gasteiger partial charge in [0.15, 0.2) is 5.82 Å². The van der Waals surface area contributed by atoms with Crippen LogP contribution in [-0.4, -0.2) is 36.0 Å². The molecule has 1 aromatic heterocycles. The number of hydrogen-bond acceptors (Lipinski definition) is 5. The van der Waals surface area contributed by atoms with E-state index in [1.165, 1.54) is 0 Å². The molecule has 5 nitrogen and oxygen atoms in total. The molecule has 0 bridgehead atoms. The van der Waals surface area contributed by atoms with Crippen molar-refractivity contribution in [2.24, 2.45) is 0 Å². The SMILES string of the molecule is COc1ccc(-c2nc(C)c(C)c(N3CCC(=O)CC3)n2)cc1. The fourth-order valence-electron chi connectivity index (χ4n) is 2.76. The lowest BCUT2D eigenvalue weighted by molar-refractivity contribution is -0.119. The zero-order chi connectivity index (χ0) is 16.4. The number of aryl methyl sites for hydroxylation is 1. The van der Waals surface area contributed by atoms with Crippen molar-refractivity contribution in [1.29, 1.82) is 0 Å². The summed E-state index contributed by atoms with van der Waals surface area (Å²) in [6.07, 6.45) is 1.20. The molecule has 0 radical (unpaired) electrons. The number of ether oxygens (including phenoxy) is 1. The summed E-state index contributed by atoms with van der Waals surface area (Å²) in [5, 5.41) is 0. The van der Waals surface area contributed by atoms with Gasteiger partial charge in [0.05, 0.1) is 7.11 Å². The lowest BCUT2D eigenvalue weighted by Gasteiger charge is -2.29. The number of carbonyl (C=O) groups is 1. The highest BCUT2D eigenvalue weighted by atomic mass is 16.5. The number of ketones is 1. The summed E-state index contributed by atoms with van der Waals surface area (Å²) in [5.41, 5.74) is 3.01. The van der Waals surface area contributed by atoms with E-state index in [2.05, 4.69) is 9.88 Å². The van der Waals surface area contributed by atoms with Crippen molar-refractivity contribution < 1.29 is 9.53 Å². The van der Waals surface area contributed by atoms with Crippen LogP contribution < -0.4 is 9.64 Å². The maximum Gasteiger partial charge on any atom is 0.161 e. The van der Waals surface area contributed by atoms with Gasteiger partial charge in [0.2, 0.25) is 0 Å². The molecule has 0 N–H and O–H groups in total. The second-order valence-corrected chi connectivity index (χ2v) is 5.84. The van der Waals surface area contributed by atoms with E-state index < -0.39 is 0 Å². The molecule has 1 aliphatic rings. The smallest absolute Gasteiger partial charge is 0.161 e. The van der Waals surface area contributed by atoms with E-state index in [0.29, 0.717) is 24.4 Å². The van der Waals surface area contributed by atoms with Gasteiger partial charge in [-0.1, -0.05) is 0 Å². The van der Waals surface area contributed by atoms with E-state index in [-0.39, 0.29) is 0 Å². The summed E-state index contributed by atoms with van der Waals surface area (Å²) in [6, 6.07) is 7.75. The van der Waals surface area contributed by atoms with Crippen LogP contribution in [0.25, 0.3) is 11.4 Å². The Kier molecular flexibility index (Phi) is 4.28. The van der Waals surface area contributed by atoms with Crippen molar-refractivity contribution >= 4 is 11.6 Å². The highest BCUT2D eigenvalue weighted by Crippen LogP contribution is 2.27. The molecule has 1 aliphatic heterocycles. The molecule has 0 aliphatic carbocycles. The van der Waals surface area contributed by atoms with Gasteiger partial charge in [-0.25, -0.2) is 9.97 Å². The monoisotopic (exact) mass is 311 g/mol. The number of Topliss-reactive ketones (excluding diaryl/α,β-unsaturated/α-hetero) is 1. The van der Waals surface area contributed by atoms with E-state index in [0.717, 1.165) is 41.5 Å². The molecule has 2 aromatic rings. The first kappa shape index (κ1) is 15.5. The number of methoxy groups -OCH3 is 1. The van der Waals surface area contributed by atoms with Crippen LogP contribution in [0.5, 0.6) is 5.75 Å². The zero-order valence-corrected chi connectivity index (χ0v) is 13.8. The van der Waals surface area contributed by atoms with Crippen molar-refractivity contribution in [3.63, 3.8) is 0 Å². The summed E-state index contributed by atoms with van der Waals surface area (Å²) >= 11 is 0. The van der Waals surface area contributed by atoms with Crippen molar-refractivity contribution in [3.05, 3.63) is 35.5 Å². The van der Waals surface area contributed by atoms with Crippen molar-refractivity contribution in [1.82, 2.24) is 9.97 Å². The third kappa shape index (κ3) is 3.18. The Morgan fingerprint density at radius 1 is 1.04 bits per heavy atom. The van der Waals surface area contributed by atoms with Crippen LogP contribution in [0, 0.1) is 13.8 Å². The third-order valence-electron chi connectivity index (χ3n) is 4.33. The van der Waals surface area contributed by atoms with Gasteiger partial charge in [0.25, 0.3) is 0 Å². The number of piperidine rings is 1. The van der Waals surface area contributed by atoms with Gasteiger partial charge in [-0.15, -0.1) is 0 Å². The molecule has 3 rings (SSSR count). The molecule has 1 saturated heterocycles. The van der Waals surface area contributed by atoms with Crippen LogP contribution in [0.2, 0.25) is 0 Å². The fourth-order valence-corrected chi connectivity index (χ4v) is 2.76. The normalized spacial score (nSPS) is 14.9. The predicted octanol–water partition coefficient (Wildman–Crippen LogP) is 2.94. The second kappa shape index (κ2) is 6.36. The summed E-state index contributed by atoms with van der Waals surface area (Å²) in [5.74, 6) is 2.80. The van der Waals surface area contributed by atoms with Gasteiger partial charge in [-0.3, -0.25) is 4.79 Å². The minimum Gasteiger partial charge on any atom is -0.497 e. The average Bonchev–Trinajstić information content (AvgIpc) is 2.58. The largest absolute Gasteiger partial charge is 0.497 e. The summed E-state index contributed by atoms with van der Waals surface area (Å²) < 4.78 is 5.20. The van der Waals surface area contributed by atoms with E-state index in [4.69, 9.17) is 9.72 Å². The molecule has 23 heavy (non-hydrogen) atoms. The Bertz CT molecular complexity index is 716. The molecule has 2 heterocycles. The molecule has 0 saturated carbocycles. The van der Waals surface area contributed by atoms with Crippen molar-refractivity contribution in [2.75, 3.05) is 25.1 Å². The molecule has 1 fully saturated rings. The average molecular weight is 311 g/mol. The first-order valence-corrected chi connectivity index (χ1v) is 7.85. The van der Waals surface area contributed by atoms with Gasteiger partial charge in [0.1, 0.15) is 17.4 Å². The third-order valence-corrected chi connectivity index (χ3v) is 4.33. The van der Waals surface area contributed by atoms with Gasteiger partial charge in [-0.2, -0.15) is 0 Å². The van der Waals surface area contributed by atoms with Crippen LogP contribution in [0.15, 0.2) is 24.3 Å². The van der Waals surface area contributed by atoms with Crippen molar-refractivity contribution in [3.8, 4) is 17.1 Å². The first-order valence-electron chi connectivity index (χ1n) is 7.85. The topological polar surface area (TPSA) is 55.3 Å². The van der Waals surface area contributed by atoms with Gasteiger partial charge < -0.3 is 9.64 Å². The van der Waals surface area contributed by atoms with Crippen LogP contribution in [-0.2, 0) is 4.79 Å². The number of hydrogen-bond donors (Lipinski definition) is 0. The lowest BCUT2D eigenvalue weighted by Crippen LogP contribution is -2.35. The Morgan fingerprint density at radius 2 is 1.70 bits per heavy atom. The quantitative estimate of drug-likeness (QED) is 0.872. The first-order chi connectivity index (χ1) is 11.1. The van der Waals surface area contributed by atoms with E-state index in [9.17, 15) is 4.79 Å². The lowest BCUT2D eigenvalue weighted by atomic mass is 10.1. The minimum absolute atomic E-state index is 0.333. The molecule has 5 heteroatoms. The van der Waals surface area contributed by atoms with Crippen LogP contribution in [0.3, 0.4) is 0 Å². The Hall–Kier alpha value is -2.43. The highest BCUT2D eigenvalue weighted by molar-refractivity contribution is 5.81. The standard InChI is InChI=1S/C18H21N3O2/c1-12-13(2)19-17(14-4-6-16(23-3)7-5-14)20-18(12)21-10-8-15(22)9-11-21/h4-7H,8-11H2,1-3H3. The molecule has 0 unspecified atom stereocenters. The molecule has 120 valence electrons. The van der Waals surface area contributed by atoms with E-state index in [1.807, 2.05) is 38.1 Å². The molecular weight excluding hydrogens is 290 g/mol. The summed E-state index contributed by atoms with van der Waals surface area (Å²) in [4.78, 5) is 23.1. The Labute approximate surface area is 136 Å². The number of carbonyl (C=O) groups excluding carboxylic acids is 1. The fraction of sp³-hybridized carbons (Fsp3) is 0.389. The van der Waals surface area contributed by atoms with Crippen LogP contribution in [0.4, 0.5) is 5.82 Å². The second-order valence-electron chi connectivity index (χ2n) is 5.84. The highest BCUT2D eigenvalue weighted by Gasteiger charge is 2.21. The zero-order valence-electron chi connectivity index (χ0n) is 13.8. The van der Waals surface area contributed by atoms with E-state index in [1.54, 1.807) is 7.11 Å². The molecular formula is C18H21N3O2. The van der Waals surface area contributed by atoms with E-state index >= 15 is 0 Å². The van der Waals surface area contributed by atoms with Crippen molar-refractivity contribution in [2.45, 2.75) is 26.7 Å². The predicted molar refractivity (Wildman–Crippen MR) is 89.9 cm³/mol. The van der Waals surface area contributed by atoms with Gasteiger partial charge in [0, 0.05) is 42.8 Å². The maximum atomic E-state index is 11.5. The number of benzene rings is 1. The maximum absolute atomic E-state index is 11.5. The minimum atomic E-state index is 0.333. The number of nitrogens with zero attached hydrogens (tertiary/aromatic N) is 3. The Balaban J connectivity index is 1.97. The number of aromatic nitrogens is 2. The number of anilines is 1. The van der Waals surface area contributed by atoms with Gasteiger partial charge in [-0.05, 0) is 38.1 Å². The van der Waals surface area contributed by atoms with Gasteiger partial charge >= 0.3 is 0 Å². The molecule has 0 atom stereocenters. The molecule has 1 aromatic carbocycles. The summed E-state index contributed by atoms with van der Waals surface area (Å²) in [6.45, 7) is 5.51. The van der Waals surface area contributed by atoms with Crippen LogP contribution >= 0.6 is 0 Å². The molecule has 0 spiro atoms. The van der Waals surface area contributed by atoms with Crippen LogP contribution in [0.1, 0.15) is 24.1 Å². The Morgan fingerprint density at radius 3 is 2.30 bits per heavy atom. The number of rotatable bonds is 3. The summed E-state index contributed by atoms with van der Waals surface area (Å²) in [7, 11) is 1.65. The molecule has 0 amide bonds.